The zero-order valence-corrected chi connectivity index (χ0v) is 9.13. The highest BCUT2D eigenvalue weighted by atomic mass is 79.9. The molecule has 0 saturated heterocycles. The van der Waals surface area contributed by atoms with Crippen molar-refractivity contribution in [1.29, 1.82) is 0 Å². The van der Waals surface area contributed by atoms with Gasteiger partial charge in [-0.25, -0.2) is 0 Å². The second kappa shape index (κ2) is 3.65. The third kappa shape index (κ3) is 1.77. The van der Waals surface area contributed by atoms with Gasteiger partial charge in [-0.05, 0) is 24.1 Å². The van der Waals surface area contributed by atoms with Crippen LogP contribution in [0, 0.1) is 0 Å². The number of benzene rings is 1. The first-order valence-corrected chi connectivity index (χ1v) is 5.29. The summed E-state index contributed by atoms with van der Waals surface area (Å²) in [6.07, 6.45) is 1.23. The minimum absolute atomic E-state index is 0.0438. The summed E-state index contributed by atoms with van der Waals surface area (Å²) in [7, 11) is 0. The molecule has 0 N–H and O–H groups in total. The van der Waals surface area contributed by atoms with E-state index in [2.05, 4.69) is 15.9 Å². The van der Waals surface area contributed by atoms with Gasteiger partial charge in [0.2, 0.25) is 0 Å². The summed E-state index contributed by atoms with van der Waals surface area (Å²) in [6, 6.07) is 5.62. The number of ketones is 2. The van der Waals surface area contributed by atoms with Crippen molar-refractivity contribution in [3.63, 3.8) is 0 Å². The van der Waals surface area contributed by atoms with Gasteiger partial charge in [0.25, 0.3) is 0 Å². The van der Waals surface area contributed by atoms with Gasteiger partial charge < -0.3 is 0 Å². The van der Waals surface area contributed by atoms with Crippen LogP contribution < -0.4 is 0 Å². The summed E-state index contributed by atoms with van der Waals surface area (Å²) in [5.41, 5.74) is 1.69. The molecule has 1 aliphatic rings. The molecule has 0 bridgehead atoms. The fraction of sp³-hybridized carbons (Fsp3) is 0.273. The quantitative estimate of drug-likeness (QED) is 0.526. The predicted octanol–water partition coefficient (Wildman–Crippen LogP) is 2.54. The number of carbonyl (C=O) groups is 2. The SMILES string of the molecule is O=C1CCc2ccc(Br)cc2C(=O)C1. The number of hydrogen-bond donors (Lipinski definition) is 0. The molecule has 1 aliphatic carbocycles. The number of aryl methyl sites for hydroxylation is 1. The molecule has 72 valence electrons. The minimum atomic E-state index is -0.0520. The Morgan fingerprint density at radius 1 is 1.14 bits per heavy atom. The van der Waals surface area contributed by atoms with Crippen molar-refractivity contribution in [2.75, 3.05) is 0 Å². The van der Waals surface area contributed by atoms with Crippen LogP contribution in [-0.4, -0.2) is 11.6 Å². The first-order valence-electron chi connectivity index (χ1n) is 4.50. The normalized spacial score (nSPS) is 16.4. The van der Waals surface area contributed by atoms with Crippen molar-refractivity contribution >= 4 is 27.5 Å². The highest BCUT2D eigenvalue weighted by Crippen LogP contribution is 2.22. The molecule has 0 aliphatic heterocycles. The molecule has 0 spiro atoms. The van der Waals surface area contributed by atoms with Crippen LogP contribution in [0.3, 0.4) is 0 Å². The van der Waals surface area contributed by atoms with Crippen molar-refractivity contribution < 1.29 is 9.59 Å². The molecule has 0 saturated carbocycles. The number of Topliss-reactive ketones (excluding diaryl/α,β-unsaturated/α-hetero) is 2. The summed E-state index contributed by atoms with van der Waals surface area (Å²) in [5, 5.41) is 0. The van der Waals surface area contributed by atoms with Gasteiger partial charge in [-0.2, -0.15) is 0 Å². The van der Waals surface area contributed by atoms with Crippen molar-refractivity contribution in [3.05, 3.63) is 33.8 Å². The number of halogens is 1. The number of rotatable bonds is 0. The first-order chi connectivity index (χ1) is 6.66. The Kier molecular flexibility index (Phi) is 2.50. The lowest BCUT2D eigenvalue weighted by Gasteiger charge is -2.03. The summed E-state index contributed by atoms with van der Waals surface area (Å²) in [4.78, 5) is 22.8. The molecular weight excluding hydrogens is 244 g/mol. The first kappa shape index (κ1) is 9.59. The molecule has 0 atom stereocenters. The molecule has 2 rings (SSSR count). The van der Waals surface area contributed by atoms with Gasteiger partial charge in [0.1, 0.15) is 5.78 Å². The smallest absolute Gasteiger partial charge is 0.170 e. The van der Waals surface area contributed by atoms with Gasteiger partial charge in [-0.1, -0.05) is 22.0 Å². The number of carbonyl (C=O) groups excluding carboxylic acids is 2. The fourth-order valence-electron chi connectivity index (χ4n) is 1.66. The van der Waals surface area contributed by atoms with E-state index in [4.69, 9.17) is 0 Å². The van der Waals surface area contributed by atoms with Crippen LogP contribution in [0.15, 0.2) is 22.7 Å². The third-order valence-electron chi connectivity index (χ3n) is 2.40. The van der Waals surface area contributed by atoms with E-state index in [0.29, 0.717) is 18.4 Å². The van der Waals surface area contributed by atoms with E-state index >= 15 is 0 Å². The second-order valence-corrected chi connectivity index (χ2v) is 4.36. The minimum Gasteiger partial charge on any atom is -0.299 e. The second-order valence-electron chi connectivity index (χ2n) is 3.44. The van der Waals surface area contributed by atoms with E-state index in [1.165, 1.54) is 0 Å². The van der Waals surface area contributed by atoms with Gasteiger partial charge in [0.05, 0.1) is 6.42 Å². The van der Waals surface area contributed by atoms with E-state index in [1.807, 2.05) is 12.1 Å². The summed E-state index contributed by atoms with van der Waals surface area (Å²) < 4.78 is 0.888. The maximum absolute atomic E-state index is 11.6. The van der Waals surface area contributed by atoms with Crippen LogP contribution in [-0.2, 0) is 11.2 Å². The maximum Gasteiger partial charge on any atom is 0.170 e. The summed E-state index contributed by atoms with van der Waals surface area (Å²) in [5.74, 6) is -0.00822. The van der Waals surface area contributed by atoms with Crippen LogP contribution in [0.4, 0.5) is 0 Å². The van der Waals surface area contributed by atoms with Crippen molar-refractivity contribution in [3.8, 4) is 0 Å². The Morgan fingerprint density at radius 2 is 1.93 bits per heavy atom. The molecule has 3 heteroatoms. The van der Waals surface area contributed by atoms with Crippen LogP contribution in [0.5, 0.6) is 0 Å². The lowest BCUT2D eigenvalue weighted by Crippen LogP contribution is -2.04. The zero-order valence-electron chi connectivity index (χ0n) is 7.55. The van der Waals surface area contributed by atoms with Gasteiger partial charge >= 0.3 is 0 Å². The maximum atomic E-state index is 11.6. The molecule has 0 aromatic heterocycles. The monoisotopic (exact) mass is 252 g/mol. The Morgan fingerprint density at radius 3 is 2.71 bits per heavy atom. The molecule has 2 nitrogen and oxygen atoms in total. The van der Waals surface area contributed by atoms with Gasteiger partial charge in [-0.3, -0.25) is 9.59 Å². The standard InChI is InChI=1S/C11H9BrO2/c12-8-3-1-7-2-4-9(13)6-11(14)10(7)5-8/h1,3,5H,2,4,6H2. The predicted molar refractivity (Wildman–Crippen MR) is 56.4 cm³/mol. The van der Waals surface area contributed by atoms with E-state index in [1.54, 1.807) is 6.07 Å². The van der Waals surface area contributed by atoms with Crippen LogP contribution in [0.25, 0.3) is 0 Å². The molecule has 1 aromatic rings. The fourth-order valence-corrected chi connectivity index (χ4v) is 2.02. The van der Waals surface area contributed by atoms with Gasteiger partial charge in [0, 0.05) is 16.5 Å². The Hall–Kier alpha value is -0.960. The number of hydrogen-bond acceptors (Lipinski definition) is 2. The van der Waals surface area contributed by atoms with E-state index < -0.39 is 0 Å². The topological polar surface area (TPSA) is 34.1 Å². The van der Waals surface area contributed by atoms with Gasteiger partial charge in [0.15, 0.2) is 5.78 Å². The highest BCUT2D eigenvalue weighted by Gasteiger charge is 2.20. The molecule has 0 radical (unpaired) electrons. The molecule has 14 heavy (non-hydrogen) atoms. The van der Waals surface area contributed by atoms with E-state index in [0.717, 1.165) is 10.0 Å². The summed E-state index contributed by atoms with van der Waals surface area (Å²) in [6.45, 7) is 0. The largest absolute Gasteiger partial charge is 0.299 e. The van der Waals surface area contributed by atoms with Crippen molar-refractivity contribution in [2.45, 2.75) is 19.3 Å². The van der Waals surface area contributed by atoms with E-state index in [9.17, 15) is 9.59 Å². The molecule has 0 fully saturated rings. The lowest BCUT2D eigenvalue weighted by molar-refractivity contribution is -0.118. The molecule has 1 aromatic carbocycles. The molecule has 0 heterocycles. The van der Waals surface area contributed by atoms with Crippen LogP contribution in [0.1, 0.15) is 28.8 Å². The number of fused-ring (bicyclic) bond motifs is 1. The Labute approximate surface area is 90.4 Å². The zero-order chi connectivity index (χ0) is 10.1. The Bertz CT molecular complexity index is 410. The van der Waals surface area contributed by atoms with E-state index in [-0.39, 0.29) is 18.0 Å². The lowest BCUT2D eigenvalue weighted by atomic mass is 10.0. The van der Waals surface area contributed by atoms with Crippen molar-refractivity contribution in [2.24, 2.45) is 0 Å². The average molecular weight is 253 g/mol. The summed E-state index contributed by atoms with van der Waals surface area (Å²) >= 11 is 3.32. The van der Waals surface area contributed by atoms with Crippen molar-refractivity contribution in [1.82, 2.24) is 0 Å². The van der Waals surface area contributed by atoms with Crippen LogP contribution in [0.2, 0.25) is 0 Å². The molecule has 0 unspecified atom stereocenters. The van der Waals surface area contributed by atoms with Gasteiger partial charge in [-0.15, -0.1) is 0 Å². The van der Waals surface area contributed by atoms with Crippen LogP contribution >= 0.6 is 15.9 Å². The Balaban J connectivity index is 2.49. The average Bonchev–Trinajstić information content (AvgIpc) is 2.27. The molecule has 0 amide bonds. The highest BCUT2D eigenvalue weighted by molar-refractivity contribution is 9.10. The third-order valence-corrected chi connectivity index (χ3v) is 2.90. The molecular formula is C11H9BrO2.